The third-order valence-electron chi connectivity index (χ3n) is 10.7. The van der Waals surface area contributed by atoms with E-state index in [-0.39, 0.29) is 0 Å². The Hall–Kier alpha value is -5.92. The Bertz CT molecular complexity index is 2620. The molecule has 0 saturated heterocycles. The van der Waals surface area contributed by atoms with Gasteiger partial charge in [-0.2, -0.15) is 0 Å². The van der Waals surface area contributed by atoms with Gasteiger partial charge in [0.25, 0.3) is 0 Å². The Morgan fingerprint density at radius 3 is 1.72 bits per heavy atom. The molecule has 1 aliphatic heterocycles. The van der Waals surface area contributed by atoms with Gasteiger partial charge >= 0.3 is 0 Å². The molecule has 0 saturated carbocycles. The van der Waals surface area contributed by atoms with Crippen molar-refractivity contribution in [3.05, 3.63) is 180 Å². The van der Waals surface area contributed by atoms with E-state index < -0.39 is 5.41 Å². The van der Waals surface area contributed by atoms with Crippen LogP contribution in [0.4, 0.5) is 0 Å². The molecule has 0 fully saturated rings. The molecule has 2 aliphatic carbocycles. The lowest BCUT2D eigenvalue weighted by atomic mass is 9.70. The van der Waals surface area contributed by atoms with Crippen LogP contribution in [0, 0.1) is 0 Å². The Morgan fingerprint density at radius 1 is 0.326 bits per heavy atom. The third kappa shape index (κ3) is 2.87. The zero-order valence-corrected chi connectivity index (χ0v) is 24.9. The summed E-state index contributed by atoms with van der Waals surface area (Å²) in [6.45, 7) is 0. The largest absolute Gasteiger partial charge is 0.456 e. The molecule has 0 radical (unpaired) electrons. The molecule has 46 heavy (non-hydrogen) atoms. The van der Waals surface area contributed by atoms with Crippen molar-refractivity contribution in [2.75, 3.05) is 0 Å². The zero-order valence-electron chi connectivity index (χ0n) is 24.9. The van der Waals surface area contributed by atoms with Crippen molar-refractivity contribution in [1.29, 1.82) is 0 Å². The van der Waals surface area contributed by atoms with E-state index in [1.165, 1.54) is 82.7 Å². The maximum Gasteiger partial charge on any atom is 0.135 e. The molecule has 8 aromatic carbocycles. The highest BCUT2D eigenvalue weighted by Gasteiger charge is 2.52. The van der Waals surface area contributed by atoms with Crippen molar-refractivity contribution in [2.24, 2.45) is 0 Å². The van der Waals surface area contributed by atoms with Crippen molar-refractivity contribution >= 4 is 21.5 Å². The van der Waals surface area contributed by atoms with Crippen LogP contribution in [0.15, 0.2) is 158 Å². The molecule has 8 aromatic rings. The minimum absolute atomic E-state index is 0.407. The molecule has 1 heterocycles. The molecule has 0 bridgehead atoms. The molecule has 3 aliphatic rings. The quantitative estimate of drug-likeness (QED) is 0.187. The maximum absolute atomic E-state index is 6.63. The van der Waals surface area contributed by atoms with Gasteiger partial charge in [0.15, 0.2) is 0 Å². The topological polar surface area (TPSA) is 9.23 Å². The van der Waals surface area contributed by atoms with Gasteiger partial charge in [0.2, 0.25) is 0 Å². The van der Waals surface area contributed by atoms with E-state index in [0.717, 1.165) is 17.1 Å². The molecule has 1 atom stereocenters. The van der Waals surface area contributed by atoms with E-state index in [4.69, 9.17) is 4.74 Å². The Balaban J connectivity index is 1.27. The highest BCUT2D eigenvalue weighted by molar-refractivity contribution is 6.10. The summed E-state index contributed by atoms with van der Waals surface area (Å²) in [4.78, 5) is 0. The van der Waals surface area contributed by atoms with Crippen LogP contribution in [0.3, 0.4) is 0 Å². The molecular formula is C45H26O. The van der Waals surface area contributed by atoms with Crippen molar-refractivity contribution in [3.8, 4) is 56.0 Å². The second kappa shape index (κ2) is 8.62. The van der Waals surface area contributed by atoms with Gasteiger partial charge < -0.3 is 4.74 Å². The third-order valence-corrected chi connectivity index (χ3v) is 10.7. The summed E-state index contributed by atoms with van der Waals surface area (Å²) in [5.41, 5.74) is 15.1. The molecular weight excluding hydrogens is 556 g/mol. The molecule has 0 amide bonds. The Morgan fingerprint density at radius 2 is 0.870 bits per heavy atom. The molecule has 212 valence electrons. The van der Waals surface area contributed by atoms with E-state index >= 15 is 0 Å². The fourth-order valence-electron chi connectivity index (χ4n) is 8.93. The van der Waals surface area contributed by atoms with Gasteiger partial charge in [-0.15, -0.1) is 0 Å². The second-order valence-corrected chi connectivity index (χ2v) is 12.8. The maximum atomic E-state index is 6.63. The predicted molar refractivity (Wildman–Crippen MR) is 189 cm³/mol. The van der Waals surface area contributed by atoms with Gasteiger partial charge in [0.1, 0.15) is 11.5 Å². The molecule has 11 rings (SSSR count). The van der Waals surface area contributed by atoms with Gasteiger partial charge in [0.05, 0.1) is 5.41 Å². The molecule has 1 unspecified atom stereocenters. The Kier molecular flexibility index (Phi) is 4.57. The van der Waals surface area contributed by atoms with Gasteiger partial charge in [-0.25, -0.2) is 0 Å². The van der Waals surface area contributed by atoms with Gasteiger partial charge in [-0.05, 0) is 102 Å². The van der Waals surface area contributed by atoms with Crippen LogP contribution >= 0.6 is 0 Å². The Labute approximate surface area is 267 Å². The highest BCUT2D eigenvalue weighted by Crippen LogP contribution is 2.65. The van der Waals surface area contributed by atoms with E-state index in [9.17, 15) is 0 Å². The SMILES string of the molecule is c1ccc2c(c1)-c1cc3ccccc3cc1C21c2ccccc2-c2c(-c3cccc4c3-c3cccc5cccc(c35)O4)cccc21. The summed E-state index contributed by atoms with van der Waals surface area (Å²) in [7, 11) is 0. The van der Waals surface area contributed by atoms with Crippen molar-refractivity contribution in [2.45, 2.75) is 5.41 Å². The predicted octanol–water partition coefficient (Wildman–Crippen LogP) is 11.8. The lowest BCUT2D eigenvalue weighted by molar-refractivity contribution is 0.487. The number of ether oxygens (including phenoxy) is 1. The fraction of sp³-hybridized carbons (Fsp3) is 0.0222. The number of benzene rings is 8. The smallest absolute Gasteiger partial charge is 0.135 e. The van der Waals surface area contributed by atoms with Crippen LogP contribution < -0.4 is 4.74 Å². The van der Waals surface area contributed by atoms with E-state index in [2.05, 4.69) is 158 Å². The van der Waals surface area contributed by atoms with Crippen LogP contribution in [0.5, 0.6) is 11.5 Å². The van der Waals surface area contributed by atoms with Crippen LogP contribution in [-0.4, -0.2) is 0 Å². The summed E-state index contributed by atoms with van der Waals surface area (Å²) < 4.78 is 6.63. The first-order valence-corrected chi connectivity index (χ1v) is 16.0. The van der Waals surface area contributed by atoms with Crippen LogP contribution in [0.1, 0.15) is 22.3 Å². The van der Waals surface area contributed by atoms with Crippen molar-refractivity contribution in [1.82, 2.24) is 0 Å². The monoisotopic (exact) mass is 582 g/mol. The lowest BCUT2D eigenvalue weighted by Crippen LogP contribution is -2.25. The van der Waals surface area contributed by atoms with E-state index in [1.807, 2.05) is 0 Å². The zero-order chi connectivity index (χ0) is 30.0. The van der Waals surface area contributed by atoms with Gasteiger partial charge in [-0.1, -0.05) is 133 Å². The highest BCUT2D eigenvalue weighted by atomic mass is 16.5. The van der Waals surface area contributed by atoms with Gasteiger partial charge in [-0.3, -0.25) is 0 Å². The lowest BCUT2D eigenvalue weighted by Gasteiger charge is -2.31. The second-order valence-electron chi connectivity index (χ2n) is 12.8. The van der Waals surface area contributed by atoms with Crippen LogP contribution in [0.25, 0.3) is 66.1 Å². The van der Waals surface area contributed by atoms with E-state index in [0.29, 0.717) is 0 Å². The van der Waals surface area contributed by atoms with E-state index in [1.54, 1.807) is 0 Å². The average molecular weight is 583 g/mol. The van der Waals surface area contributed by atoms with Crippen molar-refractivity contribution < 1.29 is 4.74 Å². The molecule has 1 nitrogen and oxygen atoms in total. The number of hydrogen-bond acceptors (Lipinski definition) is 1. The minimum Gasteiger partial charge on any atom is -0.456 e. The normalized spacial score (nSPS) is 16.1. The van der Waals surface area contributed by atoms with Crippen LogP contribution in [0.2, 0.25) is 0 Å². The summed E-state index contributed by atoms with van der Waals surface area (Å²) in [6, 6.07) is 58.2. The average Bonchev–Trinajstić information content (AvgIpc) is 3.58. The van der Waals surface area contributed by atoms with Gasteiger partial charge in [0, 0.05) is 10.9 Å². The van der Waals surface area contributed by atoms with Crippen molar-refractivity contribution in [3.63, 3.8) is 0 Å². The summed E-state index contributed by atoms with van der Waals surface area (Å²) in [5.74, 6) is 1.83. The first-order valence-electron chi connectivity index (χ1n) is 16.0. The number of rotatable bonds is 1. The molecule has 0 N–H and O–H groups in total. The summed E-state index contributed by atoms with van der Waals surface area (Å²) >= 11 is 0. The summed E-state index contributed by atoms with van der Waals surface area (Å²) in [5, 5.41) is 4.93. The number of fused-ring (bicyclic) bond motifs is 13. The minimum atomic E-state index is -0.407. The molecule has 1 heteroatoms. The number of hydrogen-bond donors (Lipinski definition) is 0. The fourth-order valence-corrected chi connectivity index (χ4v) is 8.93. The molecule has 1 spiro atoms. The first-order chi connectivity index (χ1) is 22.8. The first kappa shape index (κ1) is 24.4. The van der Waals surface area contributed by atoms with Crippen LogP contribution in [-0.2, 0) is 5.41 Å². The molecule has 0 aromatic heterocycles. The standard InChI is InChI=1S/C45H26O/c1-2-12-29-26-39-35(25-28(29)11-1)30-15-3-5-20-36(30)45(39)37-21-6-4-16-33(37)43-31(17-9-22-38(43)45)32-18-10-24-41-44(32)34-19-7-13-27-14-8-23-40(46-41)42(27)34/h1-26H. The summed E-state index contributed by atoms with van der Waals surface area (Å²) in [6.07, 6.45) is 0.